The molecule has 4 aromatic rings. The number of halogens is 1. The van der Waals surface area contributed by atoms with Crippen LogP contribution >= 0.6 is 11.8 Å². The highest BCUT2D eigenvalue weighted by Crippen LogP contribution is 2.28. The Morgan fingerprint density at radius 1 is 1.21 bits per heavy atom. The summed E-state index contributed by atoms with van der Waals surface area (Å²) in [6, 6.07) is 13.9. The quantitative estimate of drug-likeness (QED) is 0.515. The molecule has 0 aliphatic heterocycles. The topological polar surface area (TPSA) is 68.5 Å². The minimum atomic E-state index is -0.468. The molecule has 1 amide bonds. The van der Waals surface area contributed by atoms with Gasteiger partial charge in [-0.3, -0.25) is 9.20 Å². The van der Waals surface area contributed by atoms with Crippen LogP contribution < -0.4 is 10.1 Å². The number of ether oxygens (including phenoxy) is 1. The van der Waals surface area contributed by atoms with Gasteiger partial charge in [0, 0.05) is 5.39 Å². The van der Waals surface area contributed by atoms with Crippen LogP contribution in [0.2, 0.25) is 0 Å². The molecule has 0 bridgehead atoms. The molecule has 6 nitrogen and oxygen atoms in total. The van der Waals surface area contributed by atoms with Gasteiger partial charge in [0.25, 0.3) is 0 Å². The summed E-state index contributed by atoms with van der Waals surface area (Å²) in [6.07, 6.45) is 0. The Balaban J connectivity index is 1.62. The second-order valence-electron chi connectivity index (χ2n) is 6.21. The van der Waals surface area contributed by atoms with Crippen molar-refractivity contribution in [3.63, 3.8) is 0 Å². The van der Waals surface area contributed by atoms with E-state index in [0.29, 0.717) is 5.16 Å². The fraction of sp³-hybridized carbons (Fsp3) is 0.150. The van der Waals surface area contributed by atoms with Crippen molar-refractivity contribution in [3.05, 3.63) is 59.9 Å². The van der Waals surface area contributed by atoms with Crippen LogP contribution in [0, 0.1) is 12.7 Å². The van der Waals surface area contributed by atoms with Gasteiger partial charge in [-0.15, -0.1) is 10.2 Å². The van der Waals surface area contributed by atoms with Crippen LogP contribution in [0.5, 0.6) is 5.75 Å². The summed E-state index contributed by atoms with van der Waals surface area (Å²) in [7, 11) is 1.63. The second kappa shape index (κ2) is 7.47. The highest BCUT2D eigenvalue weighted by molar-refractivity contribution is 7.99. The molecule has 2 aromatic heterocycles. The number of pyridine rings is 1. The summed E-state index contributed by atoms with van der Waals surface area (Å²) in [4.78, 5) is 12.2. The molecule has 0 saturated heterocycles. The summed E-state index contributed by atoms with van der Waals surface area (Å²) >= 11 is 1.25. The first-order chi connectivity index (χ1) is 13.6. The Hall–Kier alpha value is -3.13. The smallest absolute Gasteiger partial charge is 0.234 e. The van der Waals surface area contributed by atoms with E-state index in [1.54, 1.807) is 19.2 Å². The number of rotatable bonds is 5. The Bertz CT molecular complexity index is 1190. The molecule has 0 fully saturated rings. The average molecular weight is 396 g/mol. The lowest BCUT2D eigenvalue weighted by Gasteiger charge is -2.09. The number of methoxy groups -OCH3 is 1. The minimum Gasteiger partial charge on any atom is -0.497 e. The first-order valence-electron chi connectivity index (χ1n) is 8.56. The molecule has 0 aliphatic rings. The lowest BCUT2D eigenvalue weighted by Crippen LogP contribution is -2.15. The molecule has 0 unspecified atom stereocenters. The SMILES string of the molecule is COc1ccc2c(c1)cc(C)c1nnc(SCC(=O)Nc3ccccc3F)n12. The maximum Gasteiger partial charge on any atom is 0.234 e. The van der Waals surface area contributed by atoms with Gasteiger partial charge >= 0.3 is 0 Å². The van der Waals surface area contributed by atoms with Crippen molar-refractivity contribution in [2.24, 2.45) is 0 Å². The highest BCUT2D eigenvalue weighted by Gasteiger charge is 2.15. The number of hydrogen-bond acceptors (Lipinski definition) is 5. The van der Waals surface area contributed by atoms with Crippen LogP contribution in [-0.2, 0) is 4.79 Å². The molecule has 0 spiro atoms. The Morgan fingerprint density at radius 3 is 2.82 bits per heavy atom. The number of thioether (sulfide) groups is 1. The number of carbonyl (C=O) groups is 1. The van der Waals surface area contributed by atoms with E-state index in [1.807, 2.05) is 35.6 Å². The molecule has 28 heavy (non-hydrogen) atoms. The zero-order valence-electron chi connectivity index (χ0n) is 15.3. The van der Waals surface area contributed by atoms with Crippen molar-refractivity contribution in [1.29, 1.82) is 0 Å². The summed E-state index contributed by atoms with van der Waals surface area (Å²) in [6.45, 7) is 1.96. The van der Waals surface area contributed by atoms with Gasteiger partial charge in [-0.1, -0.05) is 23.9 Å². The highest BCUT2D eigenvalue weighted by atomic mass is 32.2. The second-order valence-corrected chi connectivity index (χ2v) is 7.15. The number of benzene rings is 2. The molecular weight excluding hydrogens is 379 g/mol. The van der Waals surface area contributed by atoms with Gasteiger partial charge in [0.05, 0.1) is 24.1 Å². The maximum atomic E-state index is 13.7. The van der Waals surface area contributed by atoms with Gasteiger partial charge in [0.2, 0.25) is 5.91 Å². The van der Waals surface area contributed by atoms with Crippen molar-refractivity contribution in [2.45, 2.75) is 12.1 Å². The molecule has 0 radical (unpaired) electrons. The third-order valence-electron chi connectivity index (χ3n) is 4.31. The Labute approximate surface area is 164 Å². The molecule has 1 N–H and O–H groups in total. The van der Waals surface area contributed by atoms with Crippen LogP contribution in [0.1, 0.15) is 5.56 Å². The van der Waals surface area contributed by atoms with E-state index in [4.69, 9.17) is 4.74 Å². The van der Waals surface area contributed by atoms with E-state index < -0.39 is 5.82 Å². The number of nitrogens with one attached hydrogen (secondary N) is 1. The fourth-order valence-electron chi connectivity index (χ4n) is 2.99. The van der Waals surface area contributed by atoms with Gasteiger partial charge in [-0.05, 0) is 48.9 Å². The molecule has 8 heteroatoms. The van der Waals surface area contributed by atoms with Crippen LogP contribution in [0.3, 0.4) is 0 Å². The normalized spacial score (nSPS) is 11.1. The molecule has 4 rings (SSSR count). The first kappa shape index (κ1) is 18.2. The first-order valence-corrected chi connectivity index (χ1v) is 9.55. The number of nitrogens with zero attached hydrogens (tertiary/aromatic N) is 3. The summed E-state index contributed by atoms with van der Waals surface area (Å²) < 4.78 is 20.9. The Morgan fingerprint density at radius 2 is 2.04 bits per heavy atom. The molecule has 0 saturated carbocycles. The fourth-order valence-corrected chi connectivity index (χ4v) is 3.74. The van der Waals surface area contributed by atoms with E-state index in [2.05, 4.69) is 15.5 Å². The van der Waals surface area contributed by atoms with Crippen molar-refractivity contribution >= 4 is 39.9 Å². The predicted molar refractivity (Wildman–Crippen MR) is 108 cm³/mol. The molecular formula is C20H17FN4O2S. The minimum absolute atomic E-state index is 0.0840. The van der Waals surface area contributed by atoms with Gasteiger partial charge < -0.3 is 10.1 Å². The van der Waals surface area contributed by atoms with Gasteiger partial charge in [-0.25, -0.2) is 4.39 Å². The van der Waals surface area contributed by atoms with E-state index in [9.17, 15) is 9.18 Å². The van der Waals surface area contributed by atoms with Crippen molar-refractivity contribution in [2.75, 3.05) is 18.2 Å². The molecule has 2 aromatic carbocycles. The number of carbonyl (C=O) groups excluding carboxylic acids is 1. The van der Waals surface area contributed by atoms with Crippen molar-refractivity contribution < 1.29 is 13.9 Å². The predicted octanol–water partition coefficient (Wildman–Crippen LogP) is 4.07. The molecule has 2 heterocycles. The molecule has 0 atom stereocenters. The lowest BCUT2D eigenvalue weighted by molar-refractivity contribution is -0.113. The van der Waals surface area contributed by atoms with Crippen molar-refractivity contribution in [1.82, 2.24) is 14.6 Å². The van der Waals surface area contributed by atoms with Crippen LogP contribution in [0.15, 0.2) is 53.7 Å². The summed E-state index contributed by atoms with van der Waals surface area (Å²) in [5.41, 5.74) is 2.78. The number of anilines is 1. The third kappa shape index (κ3) is 3.38. The zero-order valence-corrected chi connectivity index (χ0v) is 16.1. The largest absolute Gasteiger partial charge is 0.497 e. The summed E-state index contributed by atoms with van der Waals surface area (Å²) in [5, 5.41) is 12.7. The van der Waals surface area contributed by atoms with Gasteiger partial charge in [0.1, 0.15) is 11.6 Å². The van der Waals surface area contributed by atoms with E-state index in [-0.39, 0.29) is 17.3 Å². The molecule has 0 aliphatic carbocycles. The van der Waals surface area contributed by atoms with E-state index >= 15 is 0 Å². The van der Waals surface area contributed by atoms with E-state index in [0.717, 1.165) is 27.9 Å². The number of hydrogen-bond donors (Lipinski definition) is 1. The van der Waals surface area contributed by atoms with Crippen molar-refractivity contribution in [3.8, 4) is 5.75 Å². The number of fused-ring (bicyclic) bond motifs is 3. The lowest BCUT2D eigenvalue weighted by atomic mass is 10.1. The van der Waals surface area contributed by atoms with Gasteiger partial charge in [0.15, 0.2) is 10.8 Å². The summed E-state index contributed by atoms with van der Waals surface area (Å²) in [5.74, 6) is 0.0633. The number of amides is 1. The van der Waals surface area contributed by atoms with Crippen LogP contribution in [0.4, 0.5) is 10.1 Å². The zero-order chi connectivity index (χ0) is 19.7. The molecule has 142 valence electrons. The number of aromatic nitrogens is 3. The average Bonchev–Trinajstić information content (AvgIpc) is 3.13. The standard InChI is InChI=1S/C20H17FN4O2S/c1-12-9-13-10-14(27-2)7-8-17(13)25-19(12)23-24-20(25)28-11-18(26)22-16-6-4-3-5-15(16)21/h3-10H,11H2,1-2H3,(H,22,26). The monoisotopic (exact) mass is 396 g/mol. The number of aryl methyl sites for hydroxylation is 1. The van der Waals surface area contributed by atoms with E-state index in [1.165, 1.54) is 23.9 Å². The number of para-hydroxylation sites is 1. The Kier molecular flexibility index (Phi) is 4.87. The third-order valence-corrected chi connectivity index (χ3v) is 5.24. The maximum absolute atomic E-state index is 13.7. The van der Waals surface area contributed by atoms with Crippen LogP contribution in [-0.4, -0.2) is 33.4 Å². The van der Waals surface area contributed by atoms with Crippen LogP contribution in [0.25, 0.3) is 16.6 Å². The van der Waals surface area contributed by atoms with Gasteiger partial charge in [-0.2, -0.15) is 0 Å².